The van der Waals surface area contributed by atoms with Gasteiger partial charge in [0, 0.05) is 64.2 Å². The molecular weight excluding hydrogens is 391 g/mol. The van der Waals surface area contributed by atoms with Crippen LogP contribution in [0, 0.1) is 38.2 Å². The molecular formula is C14H28DyN2S. The molecule has 0 atom stereocenters. The first-order chi connectivity index (χ1) is 8.33. The first-order valence-corrected chi connectivity index (χ1v) is 7.69. The Bertz CT molecular complexity index is 212. The maximum atomic E-state index is 4.23. The zero-order valence-electron chi connectivity index (χ0n) is 11.6. The molecule has 0 aromatic carbocycles. The Balaban J connectivity index is 0.00000289. The van der Waals surface area contributed by atoms with Crippen molar-refractivity contribution in [2.24, 2.45) is 0 Å². The van der Waals surface area contributed by atoms with Gasteiger partial charge in [-0.3, -0.25) is 0 Å². The molecule has 1 heterocycles. The summed E-state index contributed by atoms with van der Waals surface area (Å²) in [5, 5.41) is 0. The molecule has 18 heavy (non-hydrogen) atoms. The van der Waals surface area contributed by atoms with Crippen LogP contribution in [0.5, 0.6) is 0 Å². The van der Waals surface area contributed by atoms with Crippen molar-refractivity contribution in [3.8, 4) is 0 Å². The number of hydrogen-bond acceptors (Lipinski definition) is 3. The third kappa shape index (κ3) is 9.84. The molecule has 0 unspecified atom stereocenters. The fourth-order valence-electron chi connectivity index (χ4n) is 2.22. The van der Waals surface area contributed by atoms with E-state index in [4.69, 9.17) is 0 Å². The normalized spacial score (nSPS) is 14.1. The van der Waals surface area contributed by atoms with E-state index in [-0.39, 0.29) is 38.2 Å². The summed E-state index contributed by atoms with van der Waals surface area (Å²) >= 11 is 4.23. The average molecular weight is 419 g/mol. The van der Waals surface area contributed by atoms with Gasteiger partial charge in [0.2, 0.25) is 0 Å². The maximum absolute atomic E-state index is 4.23. The van der Waals surface area contributed by atoms with E-state index in [9.17, 15) is 0 Å². The Morgan fingerprint density at radius 2 is 1.44 bits per heavy atom. The van der Waals surface area contributed by atoms with Crippen LogP contribution in [-0.4, -0.2) is 35.8 Å². The van der Waals surface area contributed by atoms with Crippen molar-refractivity contribution in [3.63, 3.8) is 0 Å². The SMILES string of the molecule is CN1C=CN(CCCCCCCCCCS)C1.[Dy]. The van der Waals surface area contributed by atoms with Crippen molar-refractivity contribution in [2.75, 3.05) is 26.0 Å². The van der Waals surface area contributed by atoms with E-state index in [1.165, 1.54) is 57.9 Å². The van der Waals surface area contributed by atoms with E-state index in [1.54, 1.807) is 0 Å². The molecule has 0 aromatic rings. The van der Waals surface area contributed by atoms with Gasteiger partial charge in [0.15, 0.2) is 0 Å². The van der Waals surface area contributed by atoms with Gasteiger partial charge in [0.25, 0.3) is 0 Å². The molecule has 0 saturated carbocycles. The van der Waals surface area contributed by atoms with Crippen LogP contribution in [0.15, 0.2) is 12.4 Å². The molecule has 2 nitrogen and oxygen atoms in total. The van der Waals surface area contributed by atoms with Crippen LogP contribution >= 0.6 is 12.6 Å². The van der Waals surface area contributed by atoms with Crippen LogP contribution < -0.4 is 0 Å². The first-order valence-electron chi connectivity index (χ1n) is 7.06. The second-order valence-corrected chi connectivity index (χ2v) is 5.51. The molecule has 0 saturated heterocycles. The summed E-state index contributed by atoms with van der Waals surface area (Å²) in [7, 11) is 2.13. The quantitative estimate of drug-likeness (QED) is 0.427. The van der Waals surface area contributed by atoms with Gasteiger partial charge in [-0.05, 0) is 18.6 Å². The first kappa shape index (κ1) is 19.0. The molecule has 0 bridgehead atoms. The van der Waals surface area contributed by atoms with Gasteiger partial charge in [-0.15, -0.1) is 0 Å². The van der Waals surface area contributed by atoms with E-state index in [0.717, 1.165) is 12.4 Å². The number of hydrogen-bond donors (Lipinski definition) is 1. The molecule has 4 heteroatoms. The van der Waals surface area contributed by atoms with E-state index in [0.29, 0.717) is 0 Å². The number of thiol groups is 1. The molecule has 0 aliphatic carbocycles. The summed E-state index contributed by atoms with van der Waals surface area (Å²) in [5.41, 5.74) is 0. The average Bonchev–Trinajstić information content (AvgIpc) is 2.73. The van der Waals surface area contributed by atoms with E-state index >= 15 is 0 Å². The van der Waals surface area contributed by atoms with Crippen molar-refractivity contribution < 1.29 is 38.2 Å². The van der Waals surface area contributed by atoms with Crippen LogP contribution in [-0.2, 0) is 0 Å². The standard InChI is InChI=1S/C14H28N2S.Dy/c1-15-11-12-16(14-15)10-8-6-4-2-3-5-7-9-13-17;/h11-12,17H,2-10,13-14H2,1H3;. The van der Waals surface area contributed by atoms with Crippen LogP contribution in [0.1, 0.15) is 51.4 Å². The molecule has 0 amide bonds. The second-order valence-electron chi connectivity index (χ2n) is 5.06. The van der Waals surface area contributed by atoms with Gasteiger partial charge >= 0.3 is 0 Å². The molecule has 1 aliphatic rings. The summed E-state index contributed by atoms with van der Waals surface area (Å²) in [6, 6.07) is 0. The summed E-state index contributed by atoms with van der Waals surface area (Å²) < 4.78 is 0. The minimum Gasteiger partial charge on any atom is -0.362 e. The Morgan fingerprint density at radius 3 is 1.94 bits per heavy atom. The predicted molar refractivity (Wildman–Crippen MR) is 79.3 cm³/mol. The third-order valence-electron chi connectivity index (χ3n) is 3.29. The van der Waals surface area contributed by atoms with Gasteiger partial charge in [0.1, 0.15) is 0 Å². The van der Waals surface area contributed by atoms with Gasteiger partial charge in [-0.2, -0.15) is 12.6 Å². The molecule has 1 rings (SSSR count). The van der Waals surface area contributed by atoms with Crippen molar-refractivity contribution in [1.82, 2.24) is 9.80 Å². The third-order valence-corrected chi connectivity index (χ3v) is 3.61. The summed E-state index contributed by atoms with van der Waals surface area (Å²) in [6.45, 7) is 2.30. The van der Waals surface area contributed by atoms with Crippen LogP contribution in [0.3, 0.4) is 0 Å². The molecule has 0 radical (unpaired) electrons. The summed E-state index contributed by atoms with van der Waals surface area (Å²) in [6.07, 6.45) is 15.4. The van der Waals surface area contributed by atoms with Gasteiger partial charge in [0.05, 0.1) is 6.67 Å². The van der Waals surface area contributed by atoms with E-state index < -0.39 is 0 Å². The van der Waals surface area contributed by atoms with E-state index in [2.05, 4.69) is 41.9 Å². The second kappa shape index (κ2) is 13.0. The Hall–Kier alpha value is 0.963. The smallest absolute Gasteiger partial charge is 0.0890 e. The van der Waals surface area contributed by atoms with Gasteiger partial charge in [-0.1, -0.05) is 38.5 Å². The summed E-state index contributed by atoms with van der Waals surface area (Å²) in [5.74, 6) is 1.05. The van der Waals surface area contributed by atoms with Crippen molar-refractivity contribution >= 4 is 12.6 Å². The number of nitrogens with zero attached hydrogens (tertiary/aromatic N) is 2. The molecule has 110 valence electrons. The van der Waals surface area contributed by atoms with Crippen molar-refractivity contribution in [3.05, 3.63) is 12.4 Å². The number of rotatable bonds is 10. The molecule has 1 aliphatic heterocycles. The topological polar surface area (TPSA) is 6.48 Å². The van der Waals surface area contributed by atoms with E-state index in [1.807, 2.05) is 0 Å². The number of unbranched alkanes of at least 4 members (excludes halogenated alkanes) is 7. The largest absolute Gasteiger partial charge is 0.362 e. The Morgan fingerprint density at radius 1 is 0.889 bits per heavy atom. The zero-order valence-corrected chi connectivity index (χ0v) is 14.5. The Labute approximate surface area is 149 Å². The Kier molecular flexibility index (Phi) is 13.7. The summed E-state index contributed by atoms with van der Waals surface area (Å²) in [4.78, 5) is 4.62. The molecule has 0 N–H and O–H groups in total. The molecule has 0 spiro atoms. The fourth-order valence-corrected chi connectivity index (χ4v) is 2.45. The minimum absolute atomic E-state index is 0. The van der Waals surface area contributed by atoms with Crippen molar-refractivity contribution in [2.45, 2.75) is 51.4 Å². The monoisotopic (exact) mass is 420 g/mol. The molecule has 0 aromatic heterocycles. The maximum Gasteiger partial charge on any atom is 0.0890 e. The fraction of sp³-hybridized carbons (Fsp3) is 0.857. The van der Waals surface area contributed by atoms with Crippen LogP contribution in [0.25, 0.3) is 0 Å². The van der Waals surface area contributed by atoms with Crippen LogP contribution in [0.2, 0.25) is 0 Å². The van der Waals surface area contributed by atoms with Crippen molar-refractivity contribution in [1.29, 1.82) is 0 Å². The zero-order chi connectivity index (χ0) is 12.3. The molecule has 0 fully saturated rings. The van der Waals surface area contributed by atoms with Crippen LogP contribution in [0.4, 0.5) is 0 Å². The van der Waals surface area contributed by atoms with Gasteiger partial charge < -0.3 is 9.80 Å². The minimum atomic E-state index is 0. The predicted octanol–water partition coefficient (Wildman–Crippen LogP) is 3.71. The van der Waals surface area contributed by atoms with Gasteiger partial charge in [-0.25, -0.2) is 0 Å².